The van der Waals surface area contributed by atoms with E-state index >= 15 is 0 Å². The maximum Gasteiger partial charge on any atom is 0.142 e. The van der Waals surface area contributed by atoms with Crippen LogP contribution in [0, 0.1) is 5.82 Å². The fraction of sp³-hybridized carbons (Fsp3) is 0.538. The Labute approximate surface area is 122 Å². The minimum absolute atomic E-state index is 0.0906. The van der Waals surface area contributed by atoms with Crippen molar-refractivity contribution < 1.29 is 4.39 Å². The van der Waals surface area contributed by atoms with Gasteiger partial charge >= 0.3 is 0 Å². The lowest BCUT2D eigenvalue weighted by Crippen LogP contribution is -2.33. The number of hydrogen-bond donors (Lipinski definition) is 1. The first-order valence-corrected chi connectivity index (χ1v) is 7.68. The third-order valence-electron chi connectivity index (χ3n) is 2.90. The van der Waals surface area contributed by atoms with Crippen molar-refractivity contribution in [2.24, 2.45) is 0 Å². The number of nitrogens with one attached hydrogen (secondary N) is 1. The number of halogens is 3. The van der Waals surface area contributed by atoms with Crippen LogP contribution in [0.4, 0.5) is 4.39 Å². The van der Waals surface area contributed by atoms with E-state index in [9.17, 15) is 4.39 Å². The fourth-order valence-electron chi connectivity index (χ4n) is 1.51. The van der Waals surface area contributed by atoms with Gasteiger partial charge in [0.05, 0.1) is 5.02 Å². The van der Waals surface area contributed by atoms with E-state index < -0.39 is 5.82 Å². The largest absolute Gasteiger partial charge is 0.309 e. The molecule has 0 spiro atoms. The van der Waals surface area contributed by atoms with Crippen molar-refractivity contribution in [1.82, 2.24) is 5.32 Å². The molecule has 102 valence electrons. The highest BCUT2D eigenvalue weighted by Gasteiger charge is 2.20. The highest BCUT2D eigenvalue weighted by molar-refractivity contribution is 7.99. The molecule has 1 aromatic carbocycles. The van der Waals surface area contributed by atoms with Gasteiger partial charge in [-0.2, -0.15) is 11.8 Å². The Hall–Kier alpha value is 0.0400. The van der Waals surface area contributed by atoms with E-state index in [-0.39, 0.29) is 15.8 Å². The second kappa shape index (κ2) is 6.47. The summed E-state index contributed by atoms with van der Waals surface area (Å²) in [6.07, 6.45) is 2.06. The van der Waals surface area contributed by atoms with Crippen molar-refractivity contribution in [1.29, 1.82) is 0 Å². The zero-order chi connectivity index (χ0) is 13.9. The number of benzene rings is 1. The Kier molecular flexibility index (Phi) is 5.78. The Morgan fingerprint density at radius 2 is 2.00 bits per heavy atom. The summed E-state index contributed by atoms with van der Waals surface area (Å²) in [6, 6.07) is 2.73. The molecule has 1 rings (SSSR count). The zero-order valence-electron chi connectivity index (χ0n) is 11.0. The van der Waals surface area contributed by atoms with Crippen molar-refractivity contribution in [2.75, 3.05) is 12.8 Å². The summed E-state index contributed by atoms with van der Waals surface area (Å²) in [6.45, 7) is 7.01. The van der Waals surface area contributed by atoms with Crippen LogP contribution < -0.4 is 5.32 Å². The monoisotopic (exact) mass is 309 g/mol. The first-order valence-electron chi connectivity index (χ1n) is 5.70. The van der Waals surface area contributed by atoms with E-state index in [4.69, 9.17) is 23.2 Å². The zero-order valence-corrected chi connectivity index (χ0v) is 13.3. The van der Waals surface area contributed by atoms with Gasteiger partial charge in [0.1, 0.15) is 5.82 Å². The molecular weight excluding hydrogens is 292 g/mol. The summed E-state index contributed by atoms with van der Waals surface area (Å²) in [5.74, 6) is -0.436. The minimum Gasteiger partial charge on any atom is -0.309 e. The molecule has 0 saturated heterocycles. The highest BCUT2D eigenvalue weighted by Crippen LogP contribution is 2.32. The van der Waals surface area contributed by atoms with Crippen LogP contribution in [0.5, 0.6) is 0 Å². The van der Waals surface area contributed by atoms with Gasteiger partial charge in [-0.1, -0.05) is 23.2 Å². The molecule has 1 nitrogen and oxygen atoms in total. The predicted molar refractivity (Wildman–Crippen MR) is 80.4 cm³/mol. The van der Waals surface area contributed by atoms with Crippen molar-refractivity contribution in [3.05, 3.63) is 33.6 Å². The second-order valence-electron chi connectivity index (χ2n) is 4.82. The lowest BCUT2D eigenvalue weighted by molar-refractivity contribution is 0.519. The van der Waals surface area contributed by atoms with Crippen LogP contribution in [0.3, 0.4) is 0 Å². The summed E-state index contributed by atoms with van der Waals surface area (Å²) < 4.78 is 13.5. The predicted octanol–water partition coefficient (Wildman–Crippen LogP) is 4.92. The average molecular weight is 310 g/mol. The molecule has 1 unspecified atom stereocenters. The number of thioether (sulfide) groups is 1. The van der Waals surface area contributed by atoms with Gasteiger partial charge in [-0.25, -0.2) is 4.39 Å². The van der Waals surface area contributed by atoms with Gasteiger partial charge in [-0.3, -0.25) is 0 Å². The standard InChI is InChI=1S/C13H18Cl2FNS/c1-8(17-7-13(2,3)18-4)11-9(14)5-6-10(16)12(11)15/h5-6,8,17H,7H2,1-4H3. The maximum atomic E-state index is 13.4. The molecule has 0 aliphatic heterocycles. The van der Waals surface area contributed by atoms with Crippen LogP contribution in [0.2, 0.25) is 10.0 Å². The van der Waals surface area contributed by atoms with E-state index in [1.165, 1.54) is 12.1 Å². The fourth-order valence-corrected chi connectivity index (χ4v) is 2.44. The lowest BCUT2D eigenvalue weighted by Gasteiger charge is -2.26. The summed E-state index contributed by atoms with van der Waals surface area (Å²) >= 11 is 13.8. The molecule has 0 aromatic heterocycles. The molecular formula is C13H18Cl2FNS. The Balaban J connectivity index is 2.85. The van der Waals surface area contributed by atoms with Gasteiger partial charge in [0.15, 0.2) is 0 Å². The third kappa shape index (κ3) is 4.02. The van der Waals surface area contributed by atoms with Crippen molar-refractivity contribution in [2.45, 2.75) is 31.6 Å². The first kappa shape index (κ1) is 16.1. The number of hydrogen-bond acceptors (Lipinski definition) is 2. The van der Waals surface area contributed by atoms with Crippen LogP contribution in [0.1, 0.15) is 32.4 Å². The van der Waals surface area contributed by atoms with E-state index in [1.54, 1.807) is 11.8 Å². The van der Waals surface area contributed by atoms with Gasteiger partial charge in [0, 0.05) is 27.9 Å². The molecule has 0 saturated carbocycles. The summed E-state index contributed by atoms with van der Waals surface area (Å²) in [4.78, 5) is 0. The Morgan fingerprint density at radius 3 is 2.56 bits per heavy atom. The Bertz CT molecular complexity index is 424. The summed E-state index contributed by atoms with van der Waals surface area (Å²) in [5.41, 5.74) is 0.621. The smallest absolute Gasteiger partial charge is 0.142 e. The van der Waals surface area contributed by atoms with Gasteiger partial charge < -0.3 is 5.32 Å². The van der Waals surface area contributed by atoms with E-state index in [2.05, 4.69) is 25.4 Å². The van der Waals surface area contributed by atoms with Crippen molar-refractivity contribution in [3.63, 3.8) is 0 Å². The molecule has 18 heavy (non-hydrogen) atoms. The second-order valence-corrected chi connectivity index (χ2v) is 7.12. The summed E-state index contributed by atoms with van der Waals surface area (Å²) in [5, 5.41) is 3.93. The number of rotatable bonds is 5. The van der Waals surface area contributed by atoms with Crippen LogP contribution >= 0.6 is 35.0 Å². The van der Waals surface area contributed by atoms with Gasteiger partial charge in [0.25, 0.3) is 0 Å². The van der Waals surface area contributed by atoms with Gasteiger partial charge in [-0.05, 0) is 39.2 Å². The molecule has 0 aliphatic rings. The van der Waals surface area contributed by atoms with Crippen molar-refractivity contribution >= 4 is 35.0 Å². The molecule has 1 atom stereocenters. The highest BCUT2D eigenvalue weighted by atomic mass is 35.5. The maximum absolute atomic E-state index is 13.4. The van der Waals surface area contributed by atoms with E-state index in [0.29, 0.717) is 10.6 Å². The minimum atomic E-state index is -0.436. The molecule has 1 N–H and O–H groups in total. The molecule has 1 aromatic rings. The normalized spacial score (nSPS) is 13.7. The first-order chi connectivity index (χ1) is 8.28. The molecule has 0 heterocycles. The van der Waals surface area contributed by atoms with Crippen LogP contribution in [-0.4, -0.2) is 17.5 Å². The molecule has 0 radical (unpaired) electrons. The van der Waals surface area contributed by atoms with Crippen LogP contribution in [0.15, 0.2) is 12.1 Å². The average Bonchev–Trinajstić information content (AvgIpc) is 2.32. The summed E-state index contributed by atoms with van der Waals surface area (Å²) in [7, 11) is 0. The topological polar surface area (TPSA) is 12.0 Å². The van der Waals surface area contributed by atoms with Gasteiger partial charge in [0.2, 0.25) is 0 Å². The van der Waals surface area contributed by atoms with Crippen molar-refractivity contribution in [3.8, 4) is 0 Å². The van der Waals surface area contributed by atoms with Crippen LogP contribution in [0.25, 0.3) is 0 Å². The van der Waals surface area contributed by atoms with E-state index in [1.807, 2.05) is 6.92 Å². The third-order valence-corrected chi connectivity index (χ3v) is 4.86. The quantitative estimate of drug-likeness (QED) is 0.774. The van der Waals surface area contributed by atoms with E-state index in [0.717, 1.165) is 6.54 Å². The van der Waals surface area contributed by atoms with Gasteiger partial charge in [-0.15, -0.1) is 0 Å². The molecule has 5 heteroatoms. The van der Waals surface area contributed by atoms with Crippen LogP contribution in [-0.2, 0) is 0 Å². The molecule has 0 amide bonds. The SMILES string of the molecule is CSC(C)(C)CNC(C)c1c(Cl)ccc(F)c1Cl. The molecule has 0 bridgehead atoms. The molecule has 0 fully saturated rings. The Morgan fingerprint density at radius 1 is 1.39 bits per heavy atom. The lowest BCUT2D eigenvalue weighted by atomic mass is 10.1. The molecule has 0 aliphatic carbocycles.